The maximum Gasteiger partial charge on any atom is 0.489 e. The lowest BCUT2D eigenvalue weighted by atomic mass is 10.2. The standard InChI is InChI=1S/C8H7Br2O3P/c9-7(8(10)13-14(11)12)6-4-2-1-3-5-6/h1-5,7-8H. The molecular formula is C8H7Br2O3P. The summed E-state index contributed by atoms with van der Waals surface area (Å²) in [6.45, 7) is 0. The summed E-state index contributed by atoms with van der Waals surface area (Å²) in [5.74, 6) is 0. The molecule has 1 rings (SSSR count). The average molecular weight is 342 g/mol. The molecule has 3 nitrogen and oxygen atoms in total. The predicted octanol–water partition coefficient (Wildman–Crippen LogP) is 2.88. The van der Waals surface area contributed by atoms with Gasteiger partial charge in [0.1, 0.15) is 0 Å². The summed E-state index contributed by atoms with van der Waals surface area (Å²) in [6.07, 6.45) is 0. The maximum absolute atomic E-state index is 10.3. The monoisotopic (exact) mass is 340 g/mol. The van der Waals surface area contributed by atoms with E-state index in [4.69, 9.17) is 0 Å². The number of hydrogen-bond acceptors (Lipinski definition) is 3. The summed E-state index contributed by atoms with van der Waals surface area (Å²) in [7, 11) is -2.84. The number of alkyl halides is 2. The number of hydrogen-bond donors (Lipinski definition) is 0. The Labute approximate surface area is 99.7 Å². The van der Waals surface area contributed by atoms with E-state index >= 15 is 0 Å². The van der Waals surface area contributed by atoms with E-state index in [0.717, 1.165) is 5.56 Å². The first-order valence-corrected chi connectivity index (χ1v) is 6.68. The molecule has 0 bridgehead atoms. The second-order valence-electron chi connectivity index (χ2n) is 2.49. The summed E-state index contributed by atoms with van der Waals surface area (Å²) in [4.78, 5) is 10.1. The predicted molar refractivity (Wildman–Crippen MR) is 59.5 cm³/mol. The van der Waals surface area contributed by atoms with Crippen molar-refractivity contribution in [1.29, 1.82) is 0 Å². The molecule has 0 radical (unpaired) electrons. The van der Waals surface area contributed by atoms with Crippen molar-refractivity contribution in [1.82, 2.24) is 0 Å². The first-order valence-electron chi connectivity index (χ1n) is 3.75. The molecule has 0 aromatic heterocycles. The van der Waals surface area contributed by atoms with Gasteiger partial charge in [0.2, 0.25) is 0 Å². The van der Waals surface area contributed by atoms with Crippen molar-refractivity contribution in [3.63, 3.8) is 0 Å². The van der Waals surface area contributed by atoms with E-state index in [1.165, 1.54) is 0 Å². The fraction of sp³-hybridized carbons (Fsp3) is 0.250. The lowest BCUT2D eigenvalue weighted by molar-refractivity contribution is -0.186. The Morgan fingerprint density at radius 3 is 2.36 bits per heavy atom. The molecule has 0 fully saturated rings. The number of halogens is 2. The smallest absolute Gasteiger partial charge is 0.489 e. The first-order chi connectivity index (χ1) is 6.61. The minimum absolute atomic E-state index is 0.198. The third-order valence-corrected chi connectivity index (χ3v) is 4.66. The fourth-order valence-electron chi connectivity index (χ4n) is 0.924. The van der Waals surface area contributed by atoms with Gasteiger partial charge in [-0.25, -0.2) is 0 Å². The lowest BCUT2D eigenvalue weighted by Gasteiger charge is -2.12. The summed E-state index contributed by atoms with van der Waals surface area (Å²) in [6, 6.07) is 9.41. The van der Waals surface area contributed by atoms with E-state index in [0.29, 0.717) is 0 Å². The first kappa shape index (κ1) is 12.3. The zero-order valence-electron chi connectivity index (χ0n) is 6.97. The summed E-state index contributed by atoms with van der Waals surface area (Å²) in [5.41, 5.74) is 0.950. The molecule has 0 saturated heterocycles. The van der Waals surface area contributed by atoms with Gasteiger partial charge in [0.25, 0.3) is 0 Å². The Balaban J connectivity index is 2.65. The fourth-order valence-corrected chi connectivity index (χ4v) is 2.50. The maximum atomic E-state index is 10.3. The minimum atomic E-state index is -2.84. The van der Waals surface area contributed by atoms with Crippen molar-refractivity contribution in [2.24, 2.45) is 0 Å². The van der Waals surface area contributed by atoms with E-state index in [9.17, 15) is 9.46 Å². The molecular weight excluding hydrogens is 335 g/mol. The highest BCUT2D eigenvalue weighted by atomic mass is 79.9. The summed E-state index contributed by atoms with van der Waals surface area (Å²) in [5, 5.41) is -0.592. The van der Waals surface area contributed by atoms with Gasteiger partial charge in [-0.15, -0.1) is 4.52 Å². The summed E-state index contributed by atoms with van der Waals surface area (Å²) >= 11 is 6.47. The van der Waals surface area contributed by atoms with Crippen LogP contribution in [0.2, 0.25) is 0 Å². The molecule has 1 aromatic carbocycles. The highest BCUT2D eigenvalue weighted by Gasteiger charge is 2.23. The zero-order chi connectivity index (χ0) is 10.6. The Kier molecular flexibility index (Phi) is 5.20. The molecule has 0 aliphatic heterocycles. The molecule has 6 heteroatoms. The molecule has 0 spiro atoms. The van der Waals surface area contributed by atoms with Gasteiger partial charge in [0.05, 0.1) is 4.83 Å². The molecule has 14 heavy (non-hydrogen) atoms. The Morgan fingerprint density at radius 2 is 1.86 bits per heavy atom. The molecule has 0 aliphatic rings. The van der Waals surface area contributed by atoms with Crippen LogP contribution in [0.25, 0.3) is 0 Å². The molecule has 3 atom stereocenters. The quantitative estimate of drug-likeness (QED) is 0.625. The van der Waals surface area contributed by atoms with Crippen molar-refractivity contribution in [3.8, 4) is 0 Å². The van der Waals surface area contributed by atoms with Crippen LogP contribution >= 0.6 is 40.1 Å². The Bertz CT molecular complexity index is 307. The van der Waals surface area contributed by atoms with Gasteiger partial charge in [0.15, 0.2) is 5.01 Å². The van der Waals surface area contributed by atoms with Crippen LogP contribution in [0.3, 0.4) is 0 Å². The van der Waals surface area contributed by atoms with E-state index in [2.05, 4.69) is 36.4 Å². The zero-order valence-corrected chi connectivity index (χ0v) is 11.0. The molecule has 3 unspecified atom stereocenters. The van der Waals surface area contributed by atoms with Gasteiger partial charge in [0, 0.05) is 0 Å². The molecule has 0 saturated carbocycles. The largest absolute Gasteiger partial charge is 0.566 e. The van der Waals surface area contributed by atoms with Crippen LogP contribution in [0, 0.1) is 0 Å². The average Bonchev–Trinajstić information content (AvgIpc) is 2.17. The van der Waals surface area contributed by atoms with Crippen LogP contribution in [0.4, 0.5) is 0 Å². The van der Waals surface area contributed by atoms with Crippen molar-refractivity contribution in [2.75, 3.05) is 0 Å². The van der Waals surface area contributed by atoms with Crippen LogP contribution < -0.4 is 4.89 Å². The van der Waals surface area contributed by atoms with Gasteiger partial charge in [-0.05, 0) is 10.1 Å². The van der Waals surface area contributed by atoms with Crippen LogP contribution in [0.5, 0.6) is 0 Å². The topological polar surface area (TPSA) is 49.4 Å². The molecule has 1 aromatic rings. The van der Waals surface area contributed by atoms with E-state index in [1.807, 2.05) is 30.3 Å². The van der Waals surface area contributed by atoms with Crippen LogP contribution in [-0.2, 0) is 9.09 Å². The van der Waals surface area contributed by atoms with Gasteiger partial charge >= 0.3 is 8.25 Å². The van der Waals surface area contributed by atoms with E-state index < -0.39 is 13.3 Å². The molecule has 0 amide bonds. The second kappa shape index (κ2) is 5.93. The SMILES string of the molecule is O=[P+]([O-])OC(Br)C(Br)c1ccccc1. The summed E-state index contributed by atoms with van der Waals surface area (Å²) < 4.78 is 14.9. The number of rotatable bonds is 4. The van der Waals surface area contributed by atoms with Crippen molar-refractivity contribution >= 4 is 40.1 Å². The Morgan fingerprint density at radius 1 is 1.29 bits per heavy atom. The molecule has 0 N–H and O–H groups in total. The third-order valence-electron chi connectivity index (χ3n) is 1.53. The van der Waals surface area contributed by atoms with Crippen molar-refractivity contribution in [2.45, 2.75) is 9.84 Å². The number of benzene rings is 1. The molecule has 0 aliphatic carbocycles. The van der Waals surface area contributed by atoms with E-state index in [-0.39, 0.29) is 4.83 Å². The van der Waals surface area contributed by atoms with Crippen molar-refractivity contribution in [3.05, 3.63) is 35.9 Å². The van der Waals surface area contributed by atoms with Gasteiger partial charge in [-0.3, -0.25) is 0 Å². The second-order valence-corrected chi connectivity index (χ2v) is 5.04. The van der Waals surface area contributed by atoms with Crippen molar-refractivity contribution < 1.29 is 14.0 Å². The normalized spacial score (nSPS) is 16.1. The van der Waals surface area contributed by atoms with Gasteiger partial charge in [-0.2, -0.15) is 0 Å². The lowest BCUT2D eigenvalue weighted by Crippen LogP contribution is -2.09. The van der Waals surface area contributed by atoms with Crippen LogP contribution in [0.1, 0.15) is 10.4 Å². The Hall–Kier alpha value is 0.200. The third kappa shape index (κ3) is 3.75. The van der Waals surface area contributed by atoms with Crippen LogP contribution in [-0.4, -0.2) is 5.01 Å². The molecule has 76 valence electrons. The van der Waals surface area contributed by atoms with Gasteiger partial charge < -0.3 is 4.89 Å². The van der Waals surface area contributed by atoms with Crippen LogP contribution in [0.15, 0.2) is 30.3 Å². The molecule has 0 heterocycles. The highest BCUT2D eigenvalue weighted by Crippen LogP contribution is 2.35. The van der Waals surface area contributed by atoms with Gasteiger partial charge in [-0.1, -0.05) is 62.2 Å². The minimum Gasteiger partial charge on any atom is -0.566 e. The highest BCUT2D eigenvalue weighted by molar-refractivity contribution is 9.12. The van der Waals surface area contributed by atoms with E-state index in [1.54, 1.807) is 0 Å².